The molecule has 0 spiro atoms. The van der Waals surface area contributed by atoms with Crippen LogP contribution in [0.25, 0.3) is 0 Å². The molecule has 6 heteroatoms. The highest BCUT2D eigenvalue weighted by molar-refractivity contribution is 5.71. The third-order valence-corrected chi connectivity index (χ3v) is 16.5. The summed E-state index contributed by atoms with van der Waals surface area (Å²) < 4.78 is 17.0. The van der Waals surface area contributed by atoms with E-state index < -0.39 is 6.10 Å². The van der Waals surface area contributed by atoms with E-state index in [1.165, 1.54) is 308 Å². The summed E-state index contributed by atoms with van der Waals surface area (Å²) in [4.78, 5) is 38.3. The topological polar surface area (TPSA) is 78.9 Å². The molecule has 0 aliphatic heterocycles. The predicted octanol–water partition coefficient (Wildman–Crippen LogP) is 24.4. The normalized spacial score (nSPS) is 12.0. The minimum absolute atomic E-state index is 0.0658. The lowest BCUT2D eigenvalue weighted by atomic mass is 10.0. The van der Waals surface area contributed by atoms with Crippen LogP contribution in [-0.2, 0) is 28.6 Å². The molecule has 1 unspecified atom stereocenters. The lowest BCUT2D eigenvalue weighted by Gasteiger charge is -2.18. The second kappa shape index (κ2) is 67.7. The molecule has 0 saturated carbocycles. The van der Waals surface area contributed by atoms with E-state index in [4.69, 9.17) is 14.2 Å². The van der Waals surface area contributed by atoms with Gasteiger partial charge in [0, 0.05) is 19.3 Å². The standard InChI is InChI=1S/C72H138O6/c1-4-7-10-13-16-19-22-25-28-29-30-31-32-33-34-35-36-37-38-39-40-41-42-43-45-47-50-53-56-59-62-65-71(74)77-68-69(67-76-70(73)64-61-58-55-52-49-46-27-24-21-18-15-12-9-6-3)78-72(75)66-63-60-57-54-51-48-44-26-23-20-17-14-11-8-5-2/h24,27,69H,4-23,25-26,28-68H2,1-3H3/b27-24-. The molecule has 0 aromatic heterocycles. The molecule has 0 rings (SSSR count). The number of rotatable bonds is 67. The van der Waals surface area contributed by atoms with Gasteiger partial charge in [0.2, 0.25) is 0 Å². The van der Waals surface area contributed by atoms with Gasteiger partial charge in [-0.15, -0.1) is 0 Å². The number of esters is 3. The summed E-state index contributed by atoms with van der Waals surface area (Å²) in [6.07, 6.45) is 81.2. The monoisotopic (exact) mass is 1100 g/mol. The Balaban J connectivity index is 4.10. The fraction of sp³-hybridized carbons (Fsp3) is 0.931. The molecular weight excluding hydrogens is 961 g/mol. The molecule has 0 aliphatic carbocycles. The van der Waals surface area contributed by atoms with Gasteiger partial charge in [0.25, 0.3) is 0 Å². The van der Waals surface area contributed by atoms with Crippen LogP contribution in [0.4, 0.5) is 0 Å². The number of ether oxygens (including phenoxy) is 3. The molecule has 0 radical (unpaired) electrons. The number of allylic oxidation sites excluding steroid dienone is 2. The Morgan fingerprint density at radius 3 is 0.641 bits per heavy atom. The summed E-state index contributed by atoms with van der Waals surface area (Å²) in [5.74, 6) is -0.842. The Hall–Kier alpha value is -1.85. The molecule has 0 N–H and O–H groups in total. The first-order valence-corrected chi connectivity index (χ1v) is 35.7. The van der Waals surface area contributed by atoms with Crippen LogP contribution in [0, 0.1) is 0 Å². The number of carbonyl (C=O) groups excluding carboxylic acids is 3. The molecule has 462 valence electrons. The van der Waals surface area contributed by atoms with E-state index in [1.807, 2.05) is 0 Å². The van der Waals surface area contributed by atoms with Crippen molar-refractivity contribution in [1.29, 1.82) is 0 Å². The summed E-state index contributed by atoms with van der Waals surface area (Å²) in [5.41, 5.74) is 0. The van der Waals surface area contributed by atoms with Gasteiger partial charge in [0.1, 0.15) is 13.2 Å². The highest BCUT2D eigenvalue weighted by atomic mass is 16.6. The second-order valence-corrected chi connectivity index (χ2v) is 24.5. The van der Waals surface area contributed by atoms with Gasteiger partial charge in [-0.25, -0.2) is 0 Å². The van der Waals surface area contributed by atoms with Crippen molar-refractivity contribution in [3.8, 4) is 0 Å². The van der Waals surface area contributed by atoms with Crippen molar-refractivity contribution in [3.63, 3.8) is 0 Å². The maximum absolute atomic E-state index is 12.9. The van der Waals surface area contributed by atoms with Crippen molar-refractivity contribution in [1.82, 2.24) is 0 Å². The molecule has 0 fully saturated rings. The molecule has 78 heavy (non-hydrogen) atoms. The minimum atomic E-state index is -0.769. The van der Waals surface area contributed by atoms with Gasteiger partial charge in [-0.05, 0) is 44.9 Å². The first kappa shape index (κ1) is 76.1. The molecule has 0 saturated heterocycles. The van der Waals surface area contributed by atoms with Crippen LogP contribution in [0.1, 0.15) is 412 Å². The lowest BCUT2D eigenvalue weighted by molar-refractivity contribution is -0.167. The van der Waals surface area contributed by atoms with Gasteiger partial charge < -0.3 is 14.2 Å². The van der Waals surface area contributed by atoms with Crippen molar-refractivity contribution >= 4 is 17.9 Å². The summed E-state index contributed by atoms with van der Waals surface area (Å²) in [7, 11) is 0. The van der Waals surface area contributed by atoms with E-state index in [1.54, 1.807) is 0 Å². The van der Waals surface area contributed by atoms with Crippen molar-refractivity contribution < 1.29 is 28.6 Å². The molecule has 0 heterocycles. The zero-order valence-electron chi connectivity index (χ0n) is 53.2. The predicted molar refractivity (Wildman–Crippen MR) is 340 cm³/mol. The average Bonchev–Trinajstić information content (AvgIpc) is 3.44. The molecule has 0 aliphatic rings. The molecule has 0 bridgehead atoms. The van der Waals surface area contributed by atoms with Gasteiger partial charge in [0.05, 0.1) is 0 Å². The van der Waals surface area contributed by atoms with E-state index >= 15 is 0 Å². The fourth-order valence-electron chi connectivity index (χ4n) is 11.2. The molecular formula is C72H138O6. The SMILES string of the molecule is CCCCCCC/C=C\CCCCCCCC(=O)OCC(COC(=O)CCCCCCCCCCCCCCCCCCCCCCCCCCCCCCCCC)OC(=O)CCCCCCCCCCCCCCCCC. The average molecular weight is 1100 g/mol. The highest BCUT2D eigenvalue weighted by Crippen LogP contribution is 2.19. The van der Waals surface area contributed by atoms with Gasteiger partial charge in [-0.1, -0.05) is 360 Å². The van der Waals surface area contributed by atoms with Gasteiger partial charge in [-0.2, -0.15) is 0 Å². The van der Waals surface area contributed by atoms with Crippen LogP contribution in [0.5, 0.6) is 0 Å². The summed E-state index contributed by atoms with van der Waals surface area (Å²) in [6.45, 7) is 6.71. The smallest absolute Gasteiger partial charge is 0.306 e. The number of hydrogen-bond acceptors (Lipinski definition) is 6. The van der Waals surface area contributed by atoms with Crippen LogP contribution < -0.4 is 0 Å². The molecule has 6 nitrogen and oxygen atoms in total. The van der Waals surface area contributed by atoms with E-state index in [0.29, 0.717) is 19.3 Å². The number of carbonyl (C=O) groups is 3. The molecule has 0 aromatic rings. The van der Waals surface area contributed by atoms with E-state index in [2.05, 4.69) is 32.9 Å². The summed E-state index contributed by atoms with van der Waals surface area (Å²) in [6, 6.07) is 0. The van der Waals surface area contributed by atoms with Crippen LogP contribution in [0.15, 0.2) is 12.2 Å². The fourth-order valence-corrected chi connectivity index (χ4v) is 11.2. The van der Waals surface area contributed by atoms with Crippen LogP contribution in [0.3, 0.4) is 0 Å². The van der Waals surface area contributed by atoms with E-state index in [0.717, 1.165) is 64.2 Å². The second-order valence-electron chi connectivity index (χ2n) is 24.5. The molecule has 1 atom stereocenters. The Morgan fingerprint density at radius 1 is 0.244 bits per heavy atom. The Labute approximate surface area is 488 Å². The maximum Gasteiger partial charge on any atom is 0.306 e. The Bertz CT molecular complexity index is 1210. The summed E-state index contributed by atoms with van der Waals surface area (Å²) in [5, 5.41) is 0. The zero-order valence-corrected chi connectivity index (χ0v) is 53.2. The lowest BCUT2D eigenvalue weighted by Crippen LogP contribution is -2.30. The number of hydrogen-bond donors (Lipinski definition) is 0. The quantitative estimate of drug-likeness (QED) is 0.0261. The van der Waals surface area contributed by atoms with Crippen LogP contribution in [0.2, 0.25) is 0 Å². The van der Waals surface area contributed by atoms with Crippen molar-refractivity contribution in [2.75, 3.05) is 13.2 Å². The zero-order chi connectivity index (χ0) is 56.4. The van der Waals surface area contributed by atoms with Crippen molar-refractivity contribution in [2.45, 2.75) is 419 Å². The van der Waals surface area contributed by atoms with E-state index in [-0.39, 0.29) is 31.1 Å². The Morgan fingerprint density at radius 2 is 0.423 bits per heavy atom. The van der Waals surface area contributed by atoms with Crippen molar-refractivity contribution in [2.24, 2.45) is 0 Å². The first-order chi connectivity index (χ1) is 38.5. The number of unbranched alkanes of at least 4 members (excludes halogenated alkanes) is 54. The van der Waals surface area contributed by atoms with Gasteiger partial charge >= 0.3 is 17.9 Å². The van der Waals surface area contributed by atoms with Crippen molar-refractivity contribution in [3.05, 3.63) is 12.2 Å². The van der Waals surface area contributed by atoms with Crippen LogP contribution >= 0.6 is 0 Å². The largest absolute Gasteiger partial charge is 0.462 e. The van der Waals surface area contributed by atoms with E-state index in [9.17, 15) is 14.4 Å². The Kier molecular flexibility index (Phi) is 66.0. The third kappa shape index (κ3) is 65.0. The molecule has 0 aromatic carbocycles. The van der Waals surface area contributed by atoms with Crippen LogP contribution in [-0.4, -0.2) is 37.2 Å². The highest BCUT2D eigenvalue weighted by Gasteiger charge is 2.19. The van der Waals surface area contributed by atoms with Gasteiger partial charge in [-0.3, -0.25) is 14.4 Å². The maximum atomic E-state index is 12.9. The summed E-state index contributed by atoms with van der Waals surface area (Å²) >= 11 is 0. The van der Waals surface area contributed by atoms with Gasteiger partial charge in [0.15, 0.2) is 6.10 Å². The first-order valence-electron chi connectivity index (χ1n) is 35.7. The minimum Gasteiger partial charge on any atom is -0.462 e. The molecule has 0 amide bonds. The third-order valence-electron chi connectivity index (χ3n) is 16.5.